The molecule has 0 spiro atoms. The molecule has 1 aliphatic rings. The van der Waals surface area contributed by atoms with E-state index in [1.807, 2.05) is 24.0 Å². The van der Waals surface area contributed by atoms with E-state index in [-0.39, 0.29) is 5.91 Å². The minimum Gasteiger partial charge on any atom is -0.493 e. The number of piperazine rings is 1. The highest BCUT2D eigenvalue weighted by Gasteiger charge is 2.19. The van der Waals surface area contributed by atoms with Crippen LogP contribution in [0.25, 0.3) is 0 Å². The van der Waals surface area contributed by atoms with Gasteiger partial charge in [-0.1, -0.05) is 13.0 Å². The number of nitrogens with zero attached hydrogens (tertiary/aromatic N) is 2. The molecule has 0 atom stereocenters. The Morgan fingerprint density at radius 2 is 1.77 bits per heavy atom. The molecule has 1 fully saturated rings. The summed E-state index contributed by atoms with van der Waals surface area (Å²) in [7, 11) is 3.31. The first-order valence-corrected chi connectivity index (χ1v) is 7.89. The maximum atomic E-state index is 11.7. The van der Waals surface area contributed by atoms with Crippen molar-refractivity contribution in [1.29, 1.82) is 0 Å². The van der Waals surface area contributed by atoms with E-state index in [9.17, 15) is 4.79 Å². The van der Waals surface area contributed by atoms with Crippen LogP contribution < -0.4 is 9.47 Å². The van der Waals surface area contributed by atoms with Crippen molar-refractivity contribution in [2.45, 2.75) is 19.8 Å². The molecule has 0 radical (unpaired) electrons. The predicted octanol–water partition coefficient (Wildman–Crippen LogP) is 1.80. The molecular weight excluding hydrogens is 280 g/mol. The summed E-state index contributed by atoms with van der Waals surface area (Å²) in [6.07, 6.45) is 1.58. The van der Waals surface area contributed by atoms with Crippen molar-refractivity contribution in [2.24, 2.45) is 0 Å². The first-order valence-electron chi connectivity index (χ1n) is 7.89. The van der Waals surface area contributed by atoms with Gasteiger partial charge in [0.05, 0.1) is 14.2 Å². The number of hydrogen-bond donors (Lipinski definition) is 0. The average molecular weight is 306 g/mol. The van der Waals surface area contributed by atoms with Gasteiger partial charge in [-0.25, -0.2) is 0 Å². The van der Waals surface area contributed by atoms with Crippen LogP contribution in [-0.2, 0) is 11.2 Å². The lowest BCUT2D eigenvalue weighted by Crippen LogP contribution is -2.48. The van der Waals surface area contributed by atoms with Gasteiger partial charge in [0, 0.05) is 39.1 Å². The number of rotatable bonds is 6. The zero-order chi connectivity index (χ0) is 15.9. The van der Waals surface area contributed by atoms with Crippen molar-refractivity contribution in [2.75, 3.05) is 46.9 Å². The lowest BCUT2D eigenvalue weighted by atomic mass is 10.1. The van der Waals surface area contributed by atoms with Crippen molar-refractivity contribution < 1.29 is 14.3 Å². The van der Waals surface area contributed by atoms with Crippen LogP contribution in [0.1, 0.15) is 18.9 Å². The Morgan fingerprint density at radius 3 is 2.36 bits per heavy atom. The molecule has 1 amide bonds. The molecule has 5 nitrogen and oxygen atoms in total. The standard InChI is InChI=1S/C17H26N2O3/c1-4-17(20)19-11-9-18(10-12-19)8-7-14-5-6-15(21-2)16(13-14)22-3/h5-6,13H,4,7-12H2,1-3H3. The van der Waals surface area contributed by atoms with Crippen LogP contribution in [0.2, 0.25) is 0 Å². The Morgan fingerprint density at radius 1 is 1.09 bits per heavy atom. The van der Waals surface area contributed by atoms with Gasteiger partial charge < -0.3 is 14.4 Å². The van der Waals surface area contributed by atoms with Crippen LogP contribution >= 0.6 is 0 Å². The third-order valence-electron chi connectivity index (χ3n) is 4.19. The number of benzene rings is 1. The molecular formula is C17H26N2O3. The topological polar surface area (TPSA) is 42.0 Å². The largest absolute Gasteiger partial charge is 0.493 e. The van der Waals surface area contributed by atoms with Gasteiger partial charge in [0.2, 0.25) is 5.91 Å². The van der Waals surface area contributed by atoms with Crippen molar-refractivity contribution in [1.82, 2.24) is 9.80 Å². The summed E-state index contributed by atoms with van der Waals surface area (Å²) in [6.45, 7) is 6.53. The molecule has 2 rings (SSSR count). The molecule has 0 saturated carbocycles. The van der Waals surface area contributed by atoms with Crippen molar-refractivity contribution in [3.05, 3.63) is 23.8 Å². The smallest absolute Gasteiger partial charge is 0.222 e. The van der Waals surface area contributed by atoms with Gasteiger partial charge in [0.15, 0.2) is 11.5 Å². The second kappa shape index (κ2) is 8.03. The predicted molar refractivity (Wildman–Crippen MR) is 86.6 cm³/mol. The van der Waals surface area contributed by atoms with E-state index in [0.717, 1.165) is 50.6 Å². The quantitative estimate of drug-likeness (QED) is 0.804. The van der Waals surface area contributed by atoms with Gasteiger partial charge in [-0.05, 0) is 24.1 Å². The van der Waals surface area contributed by atoms with Gasteiger partial charge in [-0.3, -0.25) is 9.69 Å². The van der Waals surface area contributed by atoms with Crippen molar-refractivity contribution >= 4 is 5.91 Å². The van der Waals surface area contributed by atoms with Crippen molar-refractivity contribution in [3.8, 4) is 11.5 Å². The summed E-state index contributed by atoms with van der Waals surface area (Å²) < 4.78 is 10.6. The molecule has 0 bridgehead atoms. The number of ether oxygens (including phenoxy) is 2. The van der Waals surface area contributed by atoms with E-state index in [1.165, 1.54) is 5.56 Å². The van der Waals surface area contributed by atoms with Crippen LogP contribution in [0.15, 0.2) is 18.2 Å². The highest BCUT2D eigenvalue weighted by Crippen LogP contribution is 2.27. The summed E-state index contributed by atoms with van der Waals surface area (Å²) in [5, 5.41) is 0. The van der Waals surface area contributed by atoms with Crippen LogP contribution in [0.4, 0.5) is 0 Å². The van der Waals surface area contributed by atoms with E-state index in [4.69, 9.17) is 9.47 Å². The van der Waals surface area contributed by atoms with Gasteiger partial charge in [0.25, 0.3) is 0 Å². The Labute approximate surface area is 132 Å². The fourth-order valence-corrected chi connectivity index (χ4v) is 2.77. The zero-order valence-corrected chi connectivity index (χ0v) is 13.8. The number of amides is 1. The first kappa shape index (κ1) is 16.6. The maximum Gasteiger partial charge on any atom is 0.222 e. The lowest BCUT2D eigenvalue weighted by molar-refractivity contribution is -0.132. The summed E-state index contributed by atoms with van der Waals surface area (Å²) >= 11 is 0. The SMILES string of the molecule is CCC(=O)N1CCN(CCc2ccc(OC)c(OC)c2)CC1. The minimum absolute atomic E-state index is 0.263. The molecule has 0 unspecified atom stereocenters. The molecule has 0 aromatic heterocycles. The van der Waals surface area contributed by atoms with Gasteiger partial charge in [-0.2, -0.15) is 0 Å². The summed E-state index contributed by atoms with van der Waals surface area (Å²) in [4.78, 5) is 16.0. The lowest BCUT2D eigenvalue weighted by Gasteiger charge is -2.34. The number of carbonyl (C=O) groups is 1. The van der Waals surface area contributed by atoms with Crippen LogP contribution in [0.5, 0.6) is 11.5 Å². The Kier molecular flexibility index (Phi) is 6.07. The fraction of sp³-hybridized carbons (Fsp3) is 0.588. The summed E-state index contributed by atoms with van der Waals surface area (Å²) in [6, 6.07) is 6.07. The van der Waals surface area contributed by atoms with Crippen LogP contribution in [-0.4, -0.2) is 62.7 Å². The van der Waals surface area contributed by atoms with Gasteiger partial charge >= 0.3 is 0 Å². The molecule has 1 aliphatic heterocycles. The van der Waals surface area contributed by atoms with Crippen molar-refractivity contribution in [3.63, 3.8) is 0 Å². The van der Waals surface area contributed by atoms with E-state index in [2.05, 4.69) is 11.0 Å². The summed E-state index contributed by atoms with van der Waals surface area (Å²) in [5.74, 6) is 1.80. The molecule has 1 aromatic carbocycles. The van der Waals surface area contributed by atoms with E-state index < -0.39 is 0 Å². The normalized spacial score (nSPS) is 15.7. The monoisotopic (exact) mass is 306 g/mol. The maximum absolute atomic E-state index is 11.7. The molecule has 122 valence electrons. The molecule has 1 heterocycles. The Bertz CT molecular complexity index is 497. The second-order valence-corrected chi connectivity index (χ2v) is 5.52. The molecule has 22 heavy (non-hydrogen) atoms. The van der Waals surface area contributed by atoms with Crippen LogP contribution in [0.3, 0.4) is 0 Å². The second-order valence-electron chi connectivity index (χ2n) is 5.52. The van der Waals surface area contributed by atoms with E-state index >= 15 is 0 Å². The summed E-state index contributed by atoms with van der Waals surface area (Å²) in [5.41, 5.74) is 1.24. The average Bonchev–Trinajstić information content (AvgIpc) is 2.59. The number of methoxy groups -OCH3 is 2. The molecule has 1 aromatic rings. The third kappa shape index (κ3) is 4.13. The third-order valence-corrected chi connectivity index (χ3v) is 4.19. The number of hydrogen-bond acceptors (Lipinski definition) is 4. The Hall–Kier alpha value is -1.75. The Balaban J connectivity index is 1.83. The first-order chi connectivity index (χ1) is 10.7. The molecule has 0 N–H and O–H groups in total. The van der Waals surface area contributed by atoms with Gasteiger partial charge in [-0.15, -0.1) is 0 Å². The van der Waals surface area contributed by atoms with Gasteiger partial charge in [0.1, 0.15) is 0 Å². The molecule has 0 aliphatic carbocycles. The zero-order valence-electron chi connectivity index (χ0n) is 13.8. The van der Waals surface area contributed by atoms with Crippen LogP contribution in [0, 0.1) is 0 Å². The fourth-order valence-electron chi connectivity index (χ4n) is 2.77. The van der Waals surface area contributed by atoms with E-state index in [1.54, 1.807) is 14.2 Å². The molecule has 5 heteroatoms. The molecule has 1 saturated heterocycles. The van der Waals surface area contributed by atoms with E-state index in [0.29, 0.717) is 6.42 Å². The number of carbonyl (C=O) groups excluding carboxylic acids is 1. The minimum atomic E-state index is 0.263. The highest BCUT2D eigenvalue weighted by atomic mass is 16.5. The highest BCUT2D eigenvalue weighted by molar-refractivity contribution is 5.75.